The number of halogens is 2. The molecule has 0 bridgehead atoms. The van der Waals surface area contributed by atoms with Crippen molar-refractivity contribution in [3.63, 3.8) is 0 Å². The molecule has 178 valence electrons. The van der Waals surface area contributed by atoms with Gasteiger partial charge < -0.3 is 35.4 Å². The average molecular weight is 466 g/mol. The Morgan fingerprint density at radius 2 is 1.91 bits per heavy atom. The third-order valence-electron chi connectivity index (χ3n) is 5.16. The van der Waals surface area contributed by atoms with Crippen LogP contribution in [0.4, 0.5) is 14.5 Å². The first-order valence-electron chi connectivity index (χ1n) is 9.94. The van der Waals surface area contributed by atoms with Crippen molar-refractivity contribution < 1.29 is 43.2 Å². The van der Waals surface area contributed by atoms with Crippen molar-refractivity contribution in [2.75, 3.05) is 19.0 Å². The molecule has 0 saturated carbocycles. The van der Waals surface area contributed by atoms with Crippen LogP contribution in [0.3, 0.4) is 0 Å². The molecule has 2 unspecified atom stereocenters. The number of ether oxygens (including phenoxy) is 2. The van der Waals surface area contributed by atoms with Crippen LogP contribution in [-0.4, -0.2) is 52.5 Å². The zero-order valence-electron chi connectivity index (χ0n) is 18.1. The van der Waals surface area contributed by atoms with Crippen LogP contribution in [0, 0.1) is 11.6 Å². The molecule has 0 spiro atoms. The molecule has 1 heterocycles. The van der Waals surface area contributed by atoms with Crippen molar-refractivity contribution in [1.82, 2.24) is 5.32 Å². The summed E-state index contributed by atoms with van der Waals surface area (Å²) >= 11 is 0. The molecule has 11 heteroatoms. The number of phenolic OH excluding ortho intramolecular Hbond substituents is 1. The second kappa shape index (κ2) is 9.20. The number of carbonyl (C=O) groups excluding carboxylic acids is 1. The van der Waals surface area contributed by atoms with Gasteiger partial charge in [0.1, 0.15) is 23.1 Å². The smallest absolute Gasteiger partial charge is 0.354 e. The summed E-state index contributed by atoms with van der Waals surface area (Å²) in [6, 6.07) is 4.49. The highest BCUT2D eigenvalue weighted by atomic mass is 19.1. The number of nitrogens with one attached hydrogen (secondary N) is 2. The van der Waals surface area contributed by atoms with Gasteiger partial charge in [-0.1, -0.05) is 0 Å². The minimum atomic E-state index is -1.82. The molecule has 1 amide bonds. The highest BCUT2D eigenvalue weighted by Crippen LogP contribution is 2.40. The average Bonchev–Trinajstić information content (AvgIpc) is 2.73. The van der Waals surface area contributed by atoms with Crippen LogP contribution in [0.15, 0.2) is 24.3 Å². The molecule has 5 N–H and O–H groups in total. The maximum Gasteiger partial charge on any atom is 0.354 e. The van der Waals surface area contributed by atoms with Gasteiger partial charge in [0.25, 0.3) is 12.0 Å². The Morgan fingerprint density at radius 1 is 1.27 bits per heavy atom. The standard InChI is InChI=1S/C22H24F2N2O7/c1-22(2,8-13-14(23)6-11(32-3)7-15(13)24)25-9-17(28)12-4-10(27)5-16-18(12)33-19(21(30)31)20(29)26-16/h4-7,17,19,25,27-28H,8-9H2,1-3H3,(H,26,29)(H,30,31). The van der Waals surface area contributed by atoms with E-state index in [9.17, 15) is 28.6 Å². The summed E-state index contributed by atoms with van der Waals surface area (Å²) in [4.78, 5) is 23.1. The molecule has 1 aliphatic heterocycles. The molecule has 0 saturated heterocycles. The second-order valence-electron chi connectivity index (χ2n) is 8.26. The molecule has 0 radical (unpaired) electrons. The molecule has 1 aliphatic rings. The van der Waals surface area contributed by atoms with Crippen LogP contribution in [0.25, 0.3) is 0 Å². The number of aromatic hydroxyl groups is 1. The predicted molar refractivity (Wildman–Crippen MR) is 112 cm³/mol. The Labute approximate surface area is 187 Å². The first kappa shape index (κ1) is 24.2. The van der Waals surface area contributed by atoms with Gasteiger partial charge in [0, 0.05) is 41.4 Å². The molecule has 0 aromatic heterocycles. The minimum absolute atomic E-state index is 0.00758. The molecule has 3 rings (SSSR count). The Bertz CT molecular complexity index is 1070. The van der Waals surface area contributed by atoms with Gasteiger partial charge >= 0.3 is 5.97 Å². The SMILES string of the molecule is COc1cc(F)c(CC(C)(C)NCC(O)c2cc(O)cc3c2OC(C(=O)O)C(=O)N3)c(F)c1. The Morgan fingerprint density at radius 3 is 2.48 bits per heavy atom. The topological polar surface area (TPSA) is 137 Å². The Hall–Kier alpha value is -3.44. The van der Waals surface area contributed by atoms with E-state index in [4.69, 9.17) is 14.6 Å². The summed E-state index contributed by atoms with van der Waals surface area (Å²) in [5, 5.41) is 35.2. The largest absolute Gasteiger partial charge is 0.508 e. The van der Waals surface area contributed by atoms with E-state index in [1.54, 1.807) is 13.8 Å². The van der Waals surface area contributed by atoms with E-state index in [-0.39, 0.29) is 47.0 Å². The maximum atomic E-state index is 14.3. The summed E-state index contributed by atoms with van der Waals surface area (Å²) < 4.78 is 38.8. The number of β-amino-alcohol motifs (C(OH)–C–C–N with tert-alkyl or cyclic N) is 1. The number of methoxy groups -OCH3 is 1. The van der Waals surface area contributed by atoms with E-state index >= 15 is 0 Å². The third kappa shape index (κ3) is 5.32. The number of carbonyl (C=O) groups is 2. The molecule has 2 aromatic carbocycles. The second-order valence-corrected chi connectivity index (χ2v) is 8.26. The predicted octanol–water partition coefficient (Wildman–Crippen LogP) is 2.11. The summed E-state index contributed by atoms with van der Waals surface area (Å²) in [6.45, 7) is 3.22. The summed E-state index contributed by atoms with van der Waals surface area (Å²) in [7, 11) is 1.30. The first-order valence-corrected chi connectivity index (χ1v) is 9.94. The van der Waals surface area contributed by atoms with Gasteiger partial charge in [-0.15, -0.1) is 0 Å². The van der Waals surface area contributed by atoms with Crippen LogP contribution < -0.4 is 20.1 Å². The zero-order chi connectivity index (χ0) is 24.5. The van der Waals surface area contributed by atoms with E-state index in [0.717, 1.165) is 18.2 Å². The van der Waals surface area contributed by atoms with Gasteiger partial charge in [0.15, 0.2) is 5.75 Å². The number of benzene rings is 2. The van der Waals surface area contributed by atoms with Crippen molar-refractivity contribution in [2.24, 2.45) is 0 Å². The zero-order valence-corrected chi connectivity index (χ0v) is 18.1. The van der Waals surface area contributed by atoms with E-state index in [1.165, 1.54) is 13.2 Å². The fourth-order valence-electron chi connectivity index (χ4n) is 3.49. The number of phenols is 1. The van der Waals surface area contributed by atoms with Crippen molar-refractivity contribution in [2.45, 2.75) is 38.0 Å². The number of aliphatic hydroxyl groups is 1. The monoisotopic (exact) mass is 466 g/mol. The van der Waals surface area contributed by atoms with E-state index < -0.39 is 41.3 Å². The molecule has 0 aliphatic carbocycles. The number of amides is 1. The van der Waals surface area contributed by atoms with Gasteiger partial charge in [-0.05, 0) is 26.3 Å². The summed E-state index contributed by atoms with van der Waals surface area (Å²) in [6.07, 6.45) is -3.20. The number of carboxylic acids is 1. The number of hydrogen-bond acceptors (Lipinski definition) is 7. The number of aliphatic carboxylic acids is 1. The lowest BCUT2D eigenvalue weighted by Gasteiger charge is -2.30. The lowest BCUT2D eigenvalue weighted by Crippen LogP contribution is -2.44. The number of rotatable bonds is 8. The van der Waals surface area contributed by atoms with Crippen LogP contribution in [-0.2, 0) is 16.0 Å². The highest BCUT2D eigenvalue weighted by molar-refractivity contribution is 6.09. The number of hydrogen-bond donors (Lipinski definition) is 5. The van der Waals surface area contributed by atoms with Gasteiger partial charge in [0.2, 0.25) is 0 Å². The molecule has 2 atom stereocenters. The van der Waals surface area contributed by atoms with Crippen molar-refractivity contribution in [3.8, 4) is 17.2 Å². The van der Waals surface area contributed by atoms with Gasteiger partial charge in [-0.25, -0.2) is 13.6 Å². The highest BCUT2D eigenvalue weighted by Gasteiger charge is 2.36. The third-order valence-corrected chi connectivity index (χ3v) is 5.16. The molecule has 0 fully saturated rings. The fourth-order valence-corrected chi connectivity index (χ4v) is 3.49. The molecule has 33 heavy (non-hydrogen) atoms. The maximum absolute atomic E-state index is 14.3. The van der Waals surface area contributed by atoms with Gasteiger partial charge in [-0.3, -0.25) is 4.79 Å². The molecule has 2 aromatic rings. The lowest BCUT2D eigenvalue weighted by molar-refractivity contribution is -0.149. The van der Waals surface area contributed by atoms with E-state index in [1.807, 2.05) is 0 Å². The van der Waals surface area contributed by atoms with E-state index in [2.05, 4.69) is 10.6 Å². The number of anilines is 1. The van der Waals surface area contributed by atoms with E-state index in [0.29, 0.717) is 0 Å². The summed E-state index contributed by atoms with van der Waals surface area (Å²) in [5.41, 5.74) is -1.00. The lowest BCUT2D eigenvalue weighted by atomic mass is 9.93. The normalized spacial score (nSPS) is 16.4. The Balaban J connectivity index is 1.78. The quantitative estimate of drug-likeness (QED) is 0.373. The van der Waals surface area contributed by atoms with Crippen molar-refractivity contribution in [3.05, 3.63) is 47.0 Å². The van der Waals surface area contributed by atoms with Gasteiger partial charge in [-0.2, -0.15) is 0 Å². The van der Waals surface area contributed by atoms with Crippen LogP contribution in [0.1, 0.15) is 31.1 Å². The van der Waals surface area contributed by atoms with Crippen LogP contribution >= 0.6 is 0 Å². The number of aliphatic hydroxyl groups excluding tert-OH is 1. The van der Waals surface area contributed by atoms with Crippen LogP contribution in [0.5, 0.6) is 17.2 Å². The minimum Gasteiger partial charge on any atom is -0.508 e. The van der Waals surface area contributed by atoms with Crippen LogP contribution in [0.2, 0.25) is 0 Å². The van der Waals surface area contributed by atoms with Crippen molar-refractivity contribution >= 4 is 17.6 Å². The summed E-state index contributed by atoms with van der Waals surface area (Å²) in [5.74, 6) is -4.32. The molecule has 9 nitrogen and oxygen atoms in total. The van der Waals surface area contributed by atoms with Gasteiger partial charge in [0.05, 0.1) is 18.9 Å². The molecular formula is C22H24F2N2O7. The number of fused-ring (bicyclic) bond motifs is 1. The Kier molecular flexibility index (Phi) is 6.75. The molecular weight excluding hydrogens is 442 g/mol. The van der Waals surface area contributed by atoms with Crippen molar-refractivity contribution in [1.29, 1.82) is 0 Å². The number of carboxylic acid groups (broad SMARTS) is 1. The first-order chi connectivity index (χ1) is 15.4. The fraction of sp³-hybridized carbons (Fsp3) is 0.364.